The highest BCUT2D eigenvalue weighted by Crippen LogP contribution is 2.68. The van der Waals surface area contributed by atoms with Crippen molar-refractivity contribution in [1.82, 2.24) is 0 Å². The van der Waals surface area contributed by atoms with Crippen LogP contribution in [0, 0.1) is 52.8 Å². The van der Waals surface area contributed by atoms with Gasteiger partial charge < -0.3 is 5.21 Å². The molecule has 4 aliphatic carbocycles. The maximum Gasteiger partial charge on any atom is 0.0892 e. The molecule has 3 fully saturated rings. The number of benzene rings is 1. The monoisotopic (exact) mass is 489 g/mol. The van der Waals surface area contributed by atoms with Crippen LogP contribution in [-0.2, 0) is 0 Å². The van der Waals surface area contributed by atoms with Gasteiger partial charge in [-0.2, -0.15) is 0 Å². The van der Waals surface area contributed by atoms with Crippen LogP contribution in [0.25, 0.3) is 0 Å². The maximum absolute atomic E-state index is 8.93. The van der Waals surface area contributed by atoms with Crippen molar-refractivity contribution in [3.05, 3.63) is 47.9 Å². The Bertz CT molecular complexity index is 982. The molecule has 0 amide bonds. The molecule has 0 bridgehead atoms. The van der Waals surface area contributed by atoms with Crippen molar-refractivity contribution >= 4 is 5.69 Å². The van der Waals surface area contributed by atoms with Gasteiger partial charge in [0.1, 0.15) is 0 Å². The van der Waals surface area contributed by atoms with Crippen molar-refractivity contribution in [2.45, 2.75) is 105 Å². The fraction of sp³-hybridized carbons (Fsp3) is 0.727. The van der Waals surface area contributed by atoms with Crippen molar-refractivity contribution in [3.8, 4) is 0 Å². The van der Waals surface area contributed by atoms with Crippen molar-refractivity contribution < 1.29 is 5.21 Å². The lowest BCUT2D eigenvalue weighted by molar-refractivity contribution is -0.0492. The van der Waals surface area contributed by atoms with Crippen molar-refractivity contribution in [3.63, 3.8) is 0 Å². The zero-order valence-corrected chi connectivity index (χ0v) is 23.4. The van der Waals surface area contributed by atoms with E-state index in [1.54, 1.807) is 5.57 Å². The Kier molecular flexibility index (Phi) is 7.40. The molecule has 1 aromatic rings. The average Bonchev–Trinajstić information content (AvgIpc) is 3.21. The van der Waals surface area contributed by atoms with Crippen LogP contribution in [-0.4, -0.2) is 5.21 Å². The number of allylic oxidation sites excluding steroid dienone is 2. The van der Waals surface area contributed by atoms with Crippen LogP contribution in [0.2, 0.25) is 0 Å². The van der Waals surface area contributed by atoms with E-state index in [4.69, 9.17) is 5.21 Å². The normalized spacial score (nSPS) is 38.9. The van der Waals surface area contributed by atoms with E-state index in [2.05, 4.69) is 75.7 Å². The lowest BCUT2D eigenvalue weighted by Crippen LogP contribution is -2.50. The van der Waals surface area contributed by atoms with Gasteiger partial charge in [-0.1, -0.05) is 77.7 Å². The molecule has 3 heteroatoms. The summed E-state index contributed by atoms with van der Waals surface area (Å²) in [5.41, 5.74) is 4.54. The highest BCUT2D eigenvalue weighted by Gasteiger charge is 2.59. The molecule has 36 heavy (non-hydrogen) atoms. The second kappa shape index (κ2) is 10.3. The molecule has 1 aromatic carbocycles. The average molecular weight is 490 g/mol. The molecule has 0 spiro atoms. The van der Waals surface area contributed by atoms with Crippen LogP contribution in [0.5, 0.6) is 0 Å². The first kappa shape index (κ1) is 26.0. The van der Waals surface area contributed by atoms with Gasteiger partial charge in [0.25, 0.3) is 0 Å². The SMILES string of the molecule is CC(C)CCC[C@@H](C)[C@H]1CC[C@H]2[C@@H]3CC=C4C(c5cccc(N=NO)c5)[CH]CC[C@]4(C)[C@H]3CC[C@]12C. The molecule has 1 radical (unpaired) electrons. The van der Waals surface area contributed by atoms with E-state index < -0.39 is 0 Å². The minimum Gasteiger partial charge on any atom is -0.394 e. The molecular formula is C33H49N2O. The predicted molar refractivity (Wildman–Crippen MR) is 148 cm³/mol. The highest BCUT2D eigenvalue weighted by molar-refractivity contribution is 5.47. The Labute approximate surface area is 220 Å². The number of hydrogen-bond donors (Lipinski definition) is 1. The lowest BCUT2D eigenvalue weighted by atomic mass is 9.46. The molecule has 3 nitrogen and oxygen atoms in total. The highest BCUT2D eigenvalue weighted by atomic mass is 16.5. The number of hydrogen-bond acceptors (Lipinski definition) is 2. The largest absolute Gasteiger partial charge is 0.394 e. The number of nitrogens with zero attached hydrogens (tertiary/aromatic N) is 2. The summed E-state index contributed by atoms with van der Waals surface area (Å²) in [5.74, 6) is 5.58. The second-order valence-corrected chi connectivity index (χ2v) is 13.8. The van der Waals surface area contributed by atoms with Crippen molar-refractivity contribution in [2.24, 2.45) is 56.7 Å². The molecule has 0 heterocycles. The molecule has 0 aliphatic heterocycles. The third-order valence-electron chi connectivity index (χ3n) is 11.5. The van der Waals surface area contributed by atoms with Gasteiger partial charge >= 0.3 is 0 Å². The molecule has 197 valence electrons. The third-order valence-corrected chi connectivity index (χ3v) is 11.5. The van der Waals surface area contributed by atoms with Gasteiger partial charge in [0, 0.05) is 11.2 Å². The molecule has 0 saturated heterocycles. The van der Waals surface area contributed by atoms with Gasteiger partial charge in [-0.05, 0) is 115 Å². The predicted octanol–water partition coefficient (Wildman–Crippen LogP) is 10.1. The summed E-state index contributed by atoms with van der Waals surface area (Å²) in [6.45, 7) is 12.6. The molecule has 1 unspecified atom stereocenters. The van der Waals surface area contributed by atoms with Crippen LogP contribution in [0.3, 0.4) is 0 Å². The van der Waals surface area contributed by atoms with Crippen LogP contribution in [0.4, 0.5) is 5.69 Å². The Morgan fingerprint density at radius 3 is 2.64 bits per heavy atom. The van der Waals surface area contributed by atoms with E-state index in [9.17, 15) is 0 Å². The summed E-state index contributed by atoms with van der Waals surface area (Å²) in [4.78, 5) is 0. The lowest BCUT2D eigenvalue weighted by Gasteiger charge is -2.59. The van der Waals surface area contributed by atoms with Gasteiger partial charge in [0.15, 0.2) is 0 Å². The number of rotatable bonds is 7. The first-order valence-corrected chi connectivity index (χ1v) is 15.0. The zero-order chi connectivity index (χ0) is 25.5. The van der Waals surface area contributed by atoms with Gasteiger partial charge in [-0.25, -0.2) is 0 Å². The van der Waals surface area contributed by atoms with E-state index in [0.29, 0.717) is 16.7 Å². The van der Waals surface area contributed by atoms with E-state index in [1.807, 2.05) is 6.07 Å². The number of fused-ring (bicyclic) bond motifs is 5. The molecule has 3 saturated carbocycles. The van der Waals surface area contributed by atoms with Gasteiger partial charge in [0.05, 0.1) is 5.69 Å². The smallest absolute Gasteiger partial charge is 0.0892 e. The Morgan fingerprint density at radius 1 is 1.03 bits per heavy atom. The Morgan fingerprint density at radius 2 is 1.86 bits per heavy atom. The van der Waals surface area contributed by atoms with E-state index in [0.717, 1.165) is 41.2 Å². The summed E-state index contributed by atoms with van der Waals surface area (Å²) in [5, 5.41) is 15.8. The quantitative estimate of drug-likeness (QED) is 0.231. The first-order chi connectivity index (χ1) is 17.3. The minimum atomic E-state index is 0.305. The topological polar surface area (TPSA) is 45.0 Å². The minimum absolute atomic E-state index is 0.305. The van der Waals surface area contributed by atoms with E-state index in [-0.39, 0.29) is 0 Å². The summed E-state index contributed by atoms with van der Waals surface area (Å²) < 4.78 is 0. The maximum atomic E-state index is 8.93. The standard InChI is InChI=1S/C33H49N2O/c1-22(2)9-6-10-23(3)28-16-17-30-27-14-15-29-26(24-11-7-12-25(21-24)34-35-36)13-8-19-32(29,4)31(27)18-20-33(28,30)5/h7,11-13,15,21-23,26-28,30-31H,6,8-10,14,16-20H2,1-5H3,(H,34,36)/t23-,26?,27+,28-,30+,31+,32+,33-/m1/s1. The molecule has 1 N–H and O–H groups in total. The van der Waals surface area contributed by atoms with Crippen molar-refractivity contribution in [2.75, 3.05) is 0 Å². The van der Waals surface area contributed by atoms with Gasteiger partial charge in [0.2, 0.25) is 0 Å². The fourth-order valence-corrected chi connectivity index (χ4v) is 9.78. The summed E-state index contributed by atoms with van der Waals surface area (Å²) >= 11 is 0. The van der Waals surface area contributed by atoms with Crippen molar-refractivity contribution in [1.29, 1.82) is 0 Å². The van der Waals surface area contributed by atoms with Crippen LogP contribution >= 0.6 is 0 Å². The second-order valence-electron chi connectivity index (χ2n) is 13.8. The van der Waals surface area contributed by atoms with Gasteiger partial charge in [-0.3, -0.25) is 0 Å². The first-order valence-electron chi connectivity index (χ1n) is 15.0. The summed E-state index contributed by atoms with van der Waals surface area (Å²) in [6.07, 6.45) is 18.9. The molecule has 5 rings (SSSR count). The van der Waals surface area contributed by atoms with Crippen LogP contribution in [0.1, 0.15) is 110 Å². The Hall–Kier alpha value is -1.64. The molecule has 0 aromatic heterocycles. The Balaban J connectivity index is 1.37. The van der Waals surface area contributed by atoms with Crippen LogP contribution < -0.4 is 0 Å². The van der Waals surface area contributed by atoms with E-state index >= 15 is 0 Å². The van der Waals surface area contributed by atoms with Crippen LogP contribution in [0.15, 0.2) is 46.3 Å². The fourth-order valence-electron chi connectivity index (χ4n) is 9.78. The summed E-state index contributed by atoms with van der Waals surface area (Å²) in [7, 11) is 0. The summed E-state index contributed by atoms with van der Waals surface area (Å²) in [6, 6.07) is 8.31. The molecule has 4 aliphatic rings. The van der Waals surface area contributed by atoms with Gasteiger partial charge in [-0.15, -0.1) is 5.11 Å². The molecule has 8 atom stereocenters. The van der Waals surface area contributed by atoms with E-state index in [1.165, 1.54) is 69.8 Å². The molecular weight excluding hydrogens is 440 g/mol. The zero-order valence-electron chi connectivity index (χ0n) is 23.4. The third kappa shape index (κ3) is 4.47.